The summed E-state index contributed by atoms with van der Waals surface area (Å²) in [7, 11) is 0. The fourth-order valence-corrected chi connectivity index (χ4v) is 3.51. The SMILES string of the molecule is CC(C)(C)OC(=O)N[C@@H](CCC[NH+]=C(N)N)C(=O)Oc1ccc(CCC(=O)OCC(=O)N2CCOCC2)cc1.[Cl-]. The number of esters is 2. The summed E-state index contributed by atoms with van der Waals surface area (Å²) in [5.74, 6) is -1.05. The highest BCUT2D eigenvalue weighted by atomic mass is 35.5. The molecule has 0 unspecified atom stereocenters. The van der Waals surface area contributed by atoms with Gasteiger partial charge in [0.1, 0.15) is 17.4 Å². The summed E-state index contributed by atoms with van der Waals surface area (Å²) in [6.45, 7) is 7.21. The predicted octanol–water partition coefficient (Wildman–Crippen LogP) is -4.04. The number of ether oxygens (including phenoxy) is 4. The quantitative estimate of drug-likeness (QED) is 0.0618. The van der Waals surface area contributed by atoms with E-state index in [1.165, 1.54) is 0 Å². The number of rotatable bonds is 12. The maximum atomic E-state index is 12.8. The third-order valence-corrected chi connectivity index (χ3v) is 5.45. The van der Waals surface area contributed by atoms with Gasteiger partial charge in [-0.05, 0) is 57.7 Å². The van der Waals surface area contributed by atoms with Gasteiger partial charge in [0.25, 0.3) is 5.91 Å². The van der Waals surface area contributed by atoms with Crippen LogP contribution in [0.15, 0.2) is 24.3 Å². The van der Waals surface area contributed by atoms with Crippen molar-refractivity contribution in [2.24, 2.45) is 11.5 Å². The van der Waals surface area contributed by atoms with Crippen molar-refractivity contribution in [3.63, 3.8) is 0 Å². The number of guanidine groups is 1. The minimum atomic E-state index is -0.963. The smallest absolute Gasteiger partial charge is 0.408 e. The Labute approximate surface area is 240 Å². The van der Waals surface area contributed by atoms with E-state index in [9.17, 15) is 19.2 Å². The molecular weight excluding hydrogens is 546 g/mol. The van der Waals surface area contributed by atoms with Gasteiger partial charge in [0.2, 0.25) is 0 Å². The summed E-state index contributed by atoms with van der Waals surface area (Å²) in [6, 6.07) is 5.66. The molecule has 1 fully saturated rings. The Hall–Kier alpha value is -3.58. The molecule has 0 radical (unpaired) electrons. The number of carbonyl (C=O) groups excluding carboxylic acids is 4. The van der Waals surface area contributed by atoms with Crippen molar-refractivity contribution in [3.8, 4) is 5.75 Å². The molecule has 0 aliphatic carbocycles. The van der Waals surface area contributed by atoms with E-state index in [-0.39, 0.29) is 49.5 Å². The number of amides is 2. The van der Waals surface area contributed by atoms with E-state index in [4.69, 9.17) is 30.4 Å². The maximum Gasteiger partial charge on any atom is 0.408 e. The molecule has 1 aliphatic heterocycles. The Morgan fingerprint density at radius 3 is 2.35 bits per heavy atom. The summed E-state index contributed by atoms with van der Waals surface area (Å²) in [6.07, 6.45) is 0.468. The Kier molecular flexibility index (Phi) is 14.8. The van der Waals surface area contributed by atoms with Gasteiger partial charge in [-0.2, -0.15) is 0 Å². The summed E-state index contributed by atoms with van der Waals surface area (Å²) in [5, 5.41) is 2.55. The maximum absolute atomic E-state index is 12.8. The highest BCUT2D eigenvalue weighted by Crippen LogP contribution is 2.16. The third kappa shape index (κ3) is 14.0. The van der Waals surface area contributed by atoms with E-state index in [2.05, 4.69) is 10.3 Å². The average Bonchev–Trinajstić information content (AvgIpc) is 2.87. The van der Waals surface area contributed by atoms with Crippen molar-refractivity contribution in [2.75, 3.05) is 39.5 Å². The van der Waals surface area contributed by atoms with Gasteiger partial charge in [-0.3, -0.25) is 26.0 Å². The molecule has 14 heteroatoms. The normalized spacial score (nSPS) is 13.7. The molecule has 0 saturated carbocycles. The van der Waals surface area contributed by atoms with E-state index in [0.29, 0.717) is 45.7 Å². The van der Waals surface area contributed by atoms with Gasteiger partial charge in [0, 0.05) is 19.5 Å². The summed E-state index contributed by atoms with van der Waals surface area (Å²) < 4.78 is 21.0. The zero-order valence-electron chi connectivity index (χ0n) is 23.2. The Morgan fingerprint density at radius 2 is 1.75 bits per heavy atom. The van der Waals surface area contributed by atoms with Crippen LogP contribution in [-0.2, 0) is 35.0 Å². The van der Waals surface area contributed by atoms with Gasteiger partial charge in [0.15, 0.2) is 6.61 Å². The molecule has 0 aromatic heterocycles. The van der Waals surface area contributed by atoms with Gasteiger partial charge in [-0.25, -0.2) is 9.59 Å². The van der Waals surface area contributed by atoms with Gasteiger partial charge in [0.05, 0.1) is 19.8 Å². The number of halogens is 1. The molecule has 224 valence electrons. The van der Waals surface area contributed by atoms with Crippen molar-refractivity contribution in [1.29, 1.82) is 0 Å². The third-order valence-electron chi connectivity index (χ3n) is 5.45. The van der Waals surface area contributed by atoms with Crippen LogP contribution in [0.4, 0.5) is 4.79 Å². The molecule has 1 heterocycles. The van der Waals surface area contributed by atoms with Crippen LogP contribution < -0.4 is 38.9 Å². The van der Waals surface area contributed by atoms with Gasteiger partial charge in [-0.15, -0.1) is 0 Å². The van der Waals surface area contributed by atoms with Crippen molar-refractivity contribution < 1.29 is 55.5 Å². The number of hydrogen-bond donors (Lipinski definition) is 4. The van der Waals surface area contributed by atoms with Crippen molar-refractivity contribution in [2.45, 2.75) is 58.1 Å². The molecule has 40 heavy (non-hydrogen) atoms. The fraction of sp³-hybridized carbons (Fsp3) is 0.577. The first-order valence-corrected chi connectivity index (χ1v) is 12.9. The largest absolute Gasteiger partial charge is 1.00 e. The lowest BCUT2D eigenvalue weighted by atomic mass is 10.1. The summed E-state index contributed by atoms with van der Waals surface area (Å²) >= 11 is 0. The lowest BCUT2D eigenvalue weighted by Gasteiger charge is -2.26. The number of aryl methyl sites for hydroxylation is 1. The Morgan fingerprint density at radius 1 is 1.10 bits per heavy atom. The zero-order valence-corrected chi connectivity index (χ0v) is 24.0. The van der Waals surface area contributed by atoms with Crippen LogP contribution in [0.5, 0.6) is 5.75 Å². The highest BCUT2D eigenvalue weighted by Gasteiger charge is 2.26. The minimum absolute atomic E-state index is 0. The summed E-state index contributed by atoms with van der Waals surface area (Å²) in [5.41, 5.74) is 10.9. The number of nitrogens with zero attached hydrogens (tertiary/aromatic N) is 1. The van der Waals surface area contributed by atoms with Crippen molar-refractivity contribution >= 4 is 29.9 Å². The van der Waals surface area contributed by atoms with Gasteiger partial charge >= 0.3 is 24.0 Å². The second-order valence-electron chi connectivity index (χ2n) is 9.94. The predicted molar refractivity (Wildman–Crippen MR) is 140 cm³/mol. The van der Waals surface area contributed by atoms with E-state index < -0.39 is 29.7 Å². The van der Waals surface area contributed by atoms with Crippen LogP contribution in [0.25, 0.3) is 0 Å². The Balaban J connectivity index is 0.00000800. The molecule has 1 saturated heterocycles. The number of nitrogens with one attached hydrogen (secondary N) is 2. The molecule has 6 N–H and O–H groups in total. The zero-order chi connectivity index (χ0) is 28.8. The van der Waals surface area contributed by atoms with Crippen molar-refractivity contribution in [1.82, 2.24) is 10.2 Å². The number of nitrogens with two attached hydrogens (primary N) is 2. The monoisotopic (exact) mass is 585 g/mol. The van der Waals surface area contributed by atoms with Crippen LogP contribution in [-0.4, -0.2) is 85.9 Å². The van der Waals surface area contributed by atoms with E-state index in [1.54, 1.807) is 49.9 Å². The number of benzene rings is 1. The van der Waals surface area contributed by atoms with Crippen LogP contribution in [0.3, 0.4) is 0 Å². The van der Waals surface area contributed by atoms with Crippen LogP contribution >= 0.6 is 0 Å². The van der Waals surface area contributed by atoms with Gasteiger partial charge < -0.3 is 41.6 Å². The van der Waals surface area contributed by atoms with Crippen molar-refractivity contribution in [3.05, 3.63) is 29.8 Å². The topological polar surface area (TPSA) is 186 Å². The van der Waals surface area contributed by atoms with Crippen LogP contribution in [0.2, 0.25) is 0 Å². The standard InChI is InChI=1S/C26H39N5O8.ClH/c1-26(2,3)39-25(35)30-20(5-4-12-29-24(27)28)23(34)38-19-9-6-18(7-10-19)8-11-22(33)37-17-21(32)31-13-15-36-16-14-31;/h6-7,9-10,20H,4-5,8,11-17H2,1-3H3,(H,30,35)(H4,27,28,29);1H/t20-;/m0./s1. The number of carbonyl (C=O) groups is 4. The number of morpholine rings is 1. The molecule has 1 aromatic rings. The minimum Gasteiger partial charge on any atom is -1.00 e. The van der Waals surface area contributed by atoms with Gasteiger partial charge in [-0.1, -0.05) is 12.1 Å². The van der Waals surface area contributed by atoms with E-state index in [1.807, 2.05) is 0 Å². The second-order valence-corrected chi connectivity index (χ2v) is 9.94. The molecule has 2 rings (SSSR count). The lowest BCUT2D eigenvalue weighted by Crippen LogP contribution is -3.00. The lowest BCUT2D eigenvalue weighted by molar-refractivity contribution is -0.459. The fourth-order valence-electron chi connectivity index (χ4n) is 3.51. The molecular formula is C26H40ClN5O8. The molecule has 1 aromatic carbocycles. The first-order chi connectivity index (χ1) is 18.4. The second kappa shape index (κ2) is 17.2. The van der Waals surface area contributed by atoms with E-state index in [0.717, 1.165) is 5.56 Å². The summed E-state index contributed by atoms with van der Waals surface area (Å²) in [4.78, 5) is 53.6. The first-order valence-electron chi connectivity index (χ1n) is 12.9. The molecule has 2 amide bonds. The highest BCUT2D eigenvalue weighted by molar-refractivity contribution is 5.83. The molecule has 0 bridgehead atoms. The molecule has 0 spiro atoms. The van der Waals surface area contributed by atoms with E-state index >= 15 is 0 Å². The Bertz CT molecular complexity index is 1000. The van der Waals surface area contributed by atoms with Crippen LogP contribution in [0.1, 0.15) is 45.6 Å². The number of hydrogen-bond acceptors (Lipinski definition) is 8. The number of alkyl carbamates (subject to hydrolysis) is 1. The average molecular weight is 586 g/mol. The molecule has 1 atom stereocenters. The molecule has 13 nitrogen and oxygen atoms in total. The molecule has 1 aliphatic rings. The van der Waals surface area contributed by atoms with Crippen LogP contribution in [0, 0.1) is 0 Å². The first kappa shape index (κ1) is 34.4.